The van der Waals surface area contributed by atoms with Crippen molar-refractivity contribution in [3.63, 3.8) is 0 Å². The molecule has 0 spiro atoms. The molecule has 3 N–H and O–H groups in total. The van der Waals surface area contributed by atoms with Crippen molar-refractivity contribution < 1.29 is 22.0 Å². The fraction of sp³-hybridized carbons (Fsp3) is 0.217. The number of sulfonamides is 1. The Labute approximate surface area is 199 Å². The zero-order valence-corrected chi connectivity index (χ0v) is 19.5. The van der Waals surface area contributed by atoms with Gasteiger partial charge in [-0.3, -0.25) is 9.69 Å². The fourth-order valence-corrected chi connectivity index (χ4v) is 5.68. The first kappa shape index (κ1) is 24.0. The standard InChI is InChI=1S/C23H20F2N4O3S2/c24-16-7-15(8-17(25)10-16)12-29-6-5-19-20(11-26)23(33-21(19)13-29)28-22(30)9-14-1-3-18(4-2-14)34(27,31)32/h1-4,7-8,10H,5-6,9,12-13H2,(H,28,30)(H2,27,31,32). The zero-order chi connectivity index (χ0) is 24.5. The van der Waals surface area contributed by atoms with Crippen LogP contribution in [0.3, 0.4) is 0 Å². The highest BCUT2D eigenvalue weighted by molar-refractivity contribution is 7.89. The summed E-state index contributed by atoms with van der Waals surface area (Å²) >= 11 is 1.31. The maximum absolute atomic E-state index is 13.5. The first-order valence-electron chi connectivity index (χ1n) is 10.3. The van der Waals surface area contributed by atoms with Gasteiger partial charge in [-0.25, -0.2) is 22.3 Å². The van der Waals surface area contributed by atoms with E-state index >= 15 is 0 Å². The van der Waals surface area contributed by atoms with Crippen molar-refractivity contribution in [2.75, 3.05) is 11.9 Å². The van der Waals surface area contributed by atoms with Crippen molar-refractivity contribution in [2.24, 2.45) is 5.14 Å². The maximum atomic E-state index is 13.5. The number of thiophene rings is 1. The molecule has 0 bridgehead atoms. The van der Waals surface area contributed by atoms with Gasteiger partial charge in [0.05, 0.1) is 16.9 Å². The smallest absolute Gasteiger partial charge is 0.238 e. The van der Waals surface area contributed by atoms with Gasteiger partial charge in [0.15, 0.2) is 0 Å². The van der Waals surface area contributed by atoms with Crippen molar-refractivity contribution in [3.05, 3.63) is 81.2 Å². The molecule has 2 heterocycles. The second-order valence-corrected chi connectivity index (χ2v) is 10.6. The Balaban J connectivity index is 1.45. The molecule has 1 aliphatic heterocycles. The van der Waals surface area contributed by atoms with Crippen LogP contribution in [0.15, 0.2) is 47.4 Å². The van der Waals surface area contributed by atoms with E-state index in [1.165, 1.54) is 47.7 Å². The van der Waals surface area contributed by atoms with Gasteiger partial charge in [-0.15, -0.1) is 11.3 Å². The Kier molecular flexibility index (Phi) is 6.77. The van der Waals surface area contributed by atoms with E-state index in [0.717, 1.165) is 16.5 Å². The molecule has 11 heteroatoms. The highest BCUT2D eigenvalue weighted by atomic mass is 32.2. The van der Waals surface area contributed by atoms with E-state index in [9.17, 15) is 27.3 Å². The van der Waals surface area contributed by atoms with Crippen LogP contribution in [-0.4, -0.2) is 25.8 Å². The van der Waals surface area contributed by atoms with Crippen LogP contribution in [0.4, 0.5) is 13.8 Å². The number of hydrogen-bond acceptors (Lipinski definition) is 6. The highest BCUT2D eigenvalue weighted by Gasteiger charge is 2.25. The van der Waals surface area contributed by atoms with E-state index in [2.05, 4.69) is 11.4 Å². The summed E-state index contributed by atoms with van der Waals surface area (Å²) in [4.78, 5) is 15.5. The van der Waals surface area contributed by atoms with Crippen LogP contribution in [0.1, 0.15) is 27.1 Å². The zero-order valence-electron chi connectivity index (χ0n) is 17.8. The van der Waals surface area contributed by atoms with Crippen molar-refractivity contribution in [1.29, 1.82) is 5.26 Å². The van der Waals surface area contributed by atoms with E-state index in [1.54, 1.807) is 0 Å². The molecule has 0 aliphatic carbocycles. The molecule has 3 aromatic rings. The van der Waals surface area contributed by atoms with Crippen LogP contribution < -0.4 is 10.5 Å². The highest BCUT2D eigenvalue weighted by Crippen LogP contribution is 2.37. The van der Waals surface area contributed by atoms with Crippen molar-refractivity contribution in [2.45, 2.75) is 30.8 Å². The molecule has 4 rings (SSSR count). The molecule has 0 fully saturated rings. The largest absolute Gasteiger partial charge is 0.316 e. The summed E-state index contributed by atoms with van der Waals surface area (Å²) in [5.41, 5.74) is 2.43. The predicted octanol–water partition coefficient (Wildman–Crippen LogP) is 3.28. The van der Waals surface area contributed by atoms with Crippen LogP contribution in [0.25, 0.3) is 0 Å². The van der Waals surface area contributed by atoms with E-state index < -0.39 is 21.7 Å². The molecule has 2 aromatic carbocycles. The van der Waals surface area contributed by atoms with Gasteiger partial charge in [-0.2, -0.15) is 5.26 Å². The second-order valence-electron chi connectivity index (χ2n) is 7.97. The summed E-state index contributed by atoms with van der Waals surface area (Å²) in [6.07, 6.45) is 0.576. The monoisotopic (exact) mass is 502 g/mol. The van der Waals surface area contributed by atoms with E-state index in [4.69, 9.17) is 5.14 Å². The van der Waals surface area contributed by atoms with Gasteiger partial charge in [0.1, 0.15) is 22.7 Å². The lowest BCUT2D eigenvalue weighted by atomic mass is 10.0. The number of benzene rings is 2. The van der Waals surface area contributed by atoms with Gasteiger partial charge in [0.2, 0.25) is 15.9 Å². The molecule has 1 amide bonds. The maximum Gasteiger partial charge on any atom is 0.238 e. The Morgan fingerprint density at radius 3 is 2.44 bits per heavy atom. The number of primary sulfonamides is 1. The summed E-state index contributed by atoms with van der Waals surface area (Å²) in [5, 5.41) is 18.0. The molecule has 34 heavy (non-hydrogen) atoms. The van der Waals surface area contributed by atoms with Crippen molar-refractivity contribution in [3.8, 4) is 6.07 Å². The molecule has 0 atom stereocenters. The Morgan fingerprint density at radius 2 is 1.82 bits per heavy atom. The van der Waals surface area contributed by atoms with Gasteiger partial charge < -0.3 is 5.32 Å². The van der Waals surface area contributed by atoms with E-state index in [-0.39, 0.29) is 17.2 Å². The molecule has 1 aliphatic rings. The normalized spacial score (nSPS) is 13.8. The van der Waals surface area contributed by atoms with Gasteiger partial charge in [0, 0.05) is 30.6 Å². The lowest BCUT2D eigenvalue weighted by Gasteiger charge is -2.26. The number of carbonyl (C=O) groups is 1. The minimum absolute atomic E-state index is 0.00437. The van der Waals surface area contributed by atoms with Crippen molar-refractivity contribution >= 4 is 32.3 Å². The number of nitrogens with one attached hydrogen (secondary N) is 1. The third-order valence-corrected chi connectivity index (χ3v) is 7.51. The van der Waals surface area contributed by atoms with Gasteiger partial charge in [0.25, 0.3) is 0 Å². The van der Waals surface area contributed by atoms with Gasteiger partial charge in [-0.05, 0) is 47.4 Å². The average molecular weight is 503 g/mol. The van der Waals surface area contributed by atoms with E-state index in [1.807, 2.05) is 4.90 Å². The quantitative estimate of drug-likeness (QED) is 0.537. The number of rotatable bonds is 6. The molecular formula is C23H20F2N4O3S2. The average Bonchev–Trinajstić information content (AvgIpc) is 3.08. The van der Waals surface area contributed by atoms with Crippen LogP contribution in [-0.2, 0) is 40.7 Å². The van der Waals surface area contributed by atoms with E-state index in [0.29, 0.717) is 47.7 Å². The summed E-state index contributed by atoms with van der Waals surface area (Å²) in [5.74, 6) is -1.59. The number of halogens is 2. The first-order valence-corrected chi connectivity index (χ1v) is 12.6. The molecule has 176 valence electrons. The summed E-state index contributed by atoms with van der Waals surface area (Å²) in [6.45, 7) is 1.47. The first-order chi connectivity index (χ1) is 16.1. The number of nitrogens with two attached hydrogens (primary N) is 1. The molecule has 1 aromatic heterocycles. The molecule has 0 unspecified atom stereocenters. The lowest BCUT2D eigenvalue weighted by Crippen LogP contribution is -2.29. The Hall–Kier alpha value is -3.17. The number of nitriles is 1. The number of nitrogens with zero attached hydrogens (tertiary/aromatic N) is 2. The minimum atomic E-state index is -3.81. The third-order valence-electron chi connectivity index (χ3n) is 5.45. The van der Waals surface area contributed by atoms with Gasteiger partial charge in [-0.1, -0.05) is 12.1 Å². The third kappa shape index (κ3) is 5.48. The van der Waals surface area contributed by atoms with Gasteiger partial charge >= 0.3 is 0 Å². The van der Waals surface area contributed by atoms with Crippen molar-refractivity contribution in [1.82, 2.24) is 4.90 Å². The molecule has 7 nitrogen and oxygen atoms in total. The predicted molar refractivity (Wildman–Crippen MR) is 123 cm³/mol. The Morgan fingerprint density at radius 1 is 1.15 bits per heavy atom. The number of hydrogen-bond donors (Lipinski definition) is 2. The fourth-order valence-electron chi connectivity index (χ4n) is 3.91. The van der Waals surface area contributed by atoms with Crippen LogP contribution >= 0.6 is 11.3 Å². The van der Waals surface area contributed by atoms with Crippen LogP contribution in [0, 0.1) is 23.0 Å². The number of amides is 1. The number of carbonyl (C=O) groups excluding carboxylic acids is 1. The second kappa shape index (κ2) is 9.60. The SMILES string of the molecule is N#Cc1c(NC(=O)Cc2ccc(S(N)(=O)=O)cc2)sc2c1CCN(Cc1cc(F)cc(F)c1)C2. The molecule has 0 radical (unpaired) electrons. The number of fused-ring (bicyclic) bond motifs is 1. The van der Waals surface area contributed by atoms with Crippen LogP contribution in [0.5, 0.6) is 0 Å². The lowest BCUT2D eigenvalue weighted by molar-refractivity contribution is -0.115. The van der Waals surface area contributed by atoms with Crippen LogP contribution in [0.2, 0.25) is 0 Å². The molecule has 0 saturated heterocycles. The summed E-state index contributed by atoms with van der Waals surface area (Å²) in [7, 11) is -3.81. The molecular weight excluding hydrogens is 482 g/mol. The minimum Gasteiger partial charge on any atom is -0.316 e. The summed E-state index contributed by atoms with van der Waals surface area (Å²) in [6, 6.07) is 11.3. The number of anilines is 1. The summed E-state index contributed by atoms with van der Waals surface area (Å²) < 4.78 is 49.7. The Bertz CT molecular complexity index is 1380. The molecule has 0 saturated carbocycles. The topological polar surface area (TPSA) is 116 Å².